The molecule has 0 spiro atoms. The fourth-order valence-corrected chi connectivity index (χ4v) is 1.53. The Kier molecular flexibility index (Phi) is 6.62. The Labute approximate surface area is 95.0 Å². The van der Waals surface area contributed by atoms with E-state index in [0.717, 1.165) is 13.0 Å². The highest BCUT2D eigenvalue weighted by Crippen LogP contribution is 2.10. The van der Waals surface area contributed by atoms with Crippen molar-refractivity contribution in [1.29, 1.82) is 0 Å². The maximum Gasteiger partial charge on any atom is 0.223 e. The Balaban J connectivity index is 4.19. The van der Waals surface area contributed by atoms with E-state index in [9.17, 15) is 4.79 Å². The number of nitrogens with zero attached hydrogens (tertiary/aromatic N) is 1. The lowest BCUT2D eigenvalue weighted by molar-refractivity contribution is -0.133. The number of rotatable bonds is 6. The van der Waals surface area contributed by atoms with Crippen LogP contribution in [0.15, 0.2) is 0 Å². The van der Waals surface area contributed by atoms with Gasteiger partial charge in [-0.3, -0.25) is 4.79 Å². The summed E-state index contributed by atoms with van der Waals surface area (Å²) in [4.78, 5) is 13.9. The lowest BCUT2D eigenvalue weighted by Gasteiger charge is -2.28. The van der Waals surface area contributed by atoms with E-state index >= 15 is 0 Å². The Morgan fingerprint density at radius 2 is 1.53 bits per heavy atom. The van der Waals surface area contributed by atoms with Crippen molar-refractivity contribution >= 4 is 5.91 Å². The van der Waals surface area contributed by atoms with E-state index in [2.05, 4.69) is 41.5 Å². The standard InChI is InChI=1S/C13H27NO/c1-10(2)7-8-14(12(5)6)13(15)9-11(3)4/h10-12H,7-9H2,1-6H3. The Morgan fingerprint density at radius 3 is 1.87 bits per heavy atom. The molecule has 0 radical (unpaired) electrons. The number of carbonyl (C=O) groups is 1. The maximum absolute atomic E-state index is 11.9. The third-order valence-electron chi connectivity index (χ3n) is 2.47. The van der Waals surface area contributed by atoms with Crippen LogP contribution in [-0.4, -0.2) is 23.4 Å². The van der Waals surface area contributed by atoms with E-state index in [1.165, 1.54) is 0 Å². The van der Waals surface area contributed by atoms with Crippen molar-refractivity contribution in [2.45, 2.75) is 60.4 Å². The van der Waals surface area contributed by atoms with E-state index in [-0.39, 0.29) is 0 Å². The summed E-state index contributed by atoms with van der Waals surface area (Å²) in [5.74, 6) is 1.43. The molecule has 0 aromatic carbocycles. The monoisotopic (exact) mass is 213 g/mol. The molecular formula is C13H27NO. The van der Waals surface area contributed by atoms with Gasteiger partial charge in [0.25, 0.3) is 0 Å². The zero-order valence-electron chi connectivity index (χ0n) is 11.2. The molecule has 0 unspecified atom stereocenters. The minimum atomic E-state index is 0.306. The summed E-state index contributed by atoms with van der Waals surface area (Å²) in [7, 11) is 0. The van der Waals surface area contributed by atoms with Gasteiger partial charge in [0, 0.05) is 19.0 Å². The van der Waals surface area contributed by atoms with Crippen LogP contribution in [0.4, 0.5) is 0 Å². The van der Waals surface area contributed by atoms with Crippen molar-refractivity contribution in [2.75, 3.05) is 6.54 Å². The molecule has 90 valence electrons. The topological polar surface area (TPSA) is 20.3 Å². The molecule has 0 N–H and O–H groups in total. The molecule has 15 heavy (non-hydrogen) atoms. The lowest BCUT2D eigenvalue weighted by atomic mass is 10.1. The molecule has 0 aliphatic carbocycles. The molecule has 0 bridgehead atoms. The quantitative estimate of drug-likeness (QED) is 0.663. The predicted octanol–water partition coefficient (Wildman–Crippen LogP) is 3.32. The van der Waals surface area contributed by atoms with Crippen LogP contribution in [0, 0.1) is 11.8 Å². The Hall–Kier alpha value is -0.530. The summed E-state index contributed by atoms with van der Waals surface area (Å²) < 4.78 is 0. The Bertz CT molecular complexity index is 185. The van der Waals surface area contributed by atoms with Gasteiger partial charge < -0.3 is 4.90 Å². The third kappa shape index (κ3) is 6.53. The highest BCUT2D eigenvalue weighted by molar-refractivity contribution is 5.76. The second kappa shape index (κ2) is 6.86. The molecule has 0 heterocycles. The van der Waals surface area contributed by atoms with Crippen LogP contribution in [0.2, 0.25) is 0 Å². The van der Waals surface area contributed by atoms with Gasteiger partial charge in [0.1, 0.15) is 0 Å². The van der Waals surface area contributed by atoms with Gasteiger partial charge in [-0.2, -0.15) is 0 Å². The predicted molar refractivity (Wildman–Crippen MR) is 65.8 cm³/mol. The molecule has 0 saturated heterocycles. The minimum absolute atomic E-state index is 0.306. The van der Waals surface area contributed by atoms with Crippen LogP contribution in [-0.2, 0) is 4.79 Å². The number of amides is 1. The molecule has 0 atom stereocenters. The fourth-order valence-electron chi connectivity index (χ4n) is 1.53. The molecule has 0 aliphatic heterocycles. The first-order chi connectivity index (χ1) is 6.84. The summed E-state index contributed by atoms with van der Waals surface area (Å²) in [5.41, 5.74) is 0. The summed E-state index contributed by atoms with van der Waals surface area (Å²) in [6.45, 7) is 13.7. The lowest BCUT2D eigenvalue weighted by Crippen LogP contribution is -2.38. The zero-order valence-corrected chi connectivity index (χ0v) is 11.2. The van der Waals surface area contributed by atoms with E-state index in [1.807, 2.05) is 4.90 Å². The van der Waals surface area contributed by atoms with Gasteiger partial charge in [-0.1, -0.05) is 27.7 Å². The van der Waals surface area contributed by atoms with Gasteiger partial charge in [0.15, 0.2) is 0 Å². The van der Waals surface area contributed by atoms with E-state index in [0.29, 0.717) is 30.2 Å². The van der Waals surface area contributed by atoms with Gasteiger partial charge in [-0.05, 0) is 32.1 Å². The van der Waals surface area contributed by atoms with Crippen LogP contribution in [0.25, 0.3) is 0 Å². The molecular weight excluding hydrogens is 186 g/mol. The average molecular weight is 213 g/mol. The molecule has 2 heteroatoms. The first-order valence-corrected chi connectivity index (χ1v) is 6.14. The molecule has 0 aromatic heterocycles. The number of hydrogen-bond donors (Lipinski definition) is 0. The zero-order chi connectivity index (χ0) is 12.0. The summed E-state index contributed by atoms with van der Waals surface area (Å²) in [6.07, 6.45) is 1.78. The number of carbonyl (C=O) groups excluding carboxylic acids is 1. The van der Waals surface area contributed by atoms with E-state index < -0.39 is 0 Å². The van der Waals surface area contributed by atoms with E-state index in [4.69, 9.17) is 0 Å². The molecule has 0 rings (SSSR count). The molecule has 0 saturated carbocycles. The van der Waals surface area contributed by atoms with Crippen molar-refractivity contribution < 1.29 is 4.79 Å². The van der Waals surface area contributed by atoms with E-state index in [1.54, 1.807) is 0 Å². The molecule has 0 aliphatic rings. The van der Waals surface area contributed by atoms with Crippen molar-refractivity contribution in [3.63, 3.8) is 0 Å². The van der Waals surface area contributed by atoms with Crippen LogP contribution < -0.4 is 0 Å². The Morgan fingerprint density at radius 1 is 1.00 bits per heavy atom. The highest BCUT2D eigenvalue weighted by Gasteiger charge is 2.17. The van der Waals surface area contributed by atoms with Crippen LogP contribution >= 0.6 is 0 Å². The fraction of sp³-hybridized carbons (Fsp3) is 0.923. The van der Waals surface area contributed by atoms with Crippen LogP contribution in [0.5, 0.6) is 0 Å². The van der Waals surface area contributed by atoms with Crippen molar-refractivity contribution in [3.05, 3.63) is 0 Å². The molecule has 0 fully saturated rings. The first-order valence-electron chi connectivity index (χ1n) is 6.14. The maximum atomic E-state index is 11.9. The third-order valence-corrected chi connectivity index (χ3v) is 2.47. The first kappa shape index (κ1) is 14.5. The smallest absolute Gasteiger partial charge is 0.223 e. The van der Waals surface area contributed by atoms with Gasteiger partial charge in [-0.15, -0.1) is 0 Å². The normalized spacial score (nSPS) is 11.5. The summed E-state index contributed by atoms with van der Waals surface area (Å²) >= 11 is 0. The van der Waals surface area contributed by atoms with Crippen molar-refractivity contribution in [2.24, 2.45) is 11.8 Å². The van der Waals surface area contributed by atoms with Crippen LogP contribution in [0.1, 0.15) is 54.4 Å². The largest absolute Gasteiger partial charge is 0.340 e. The van der Waals surface area contributed by atoms with Gasteiger partial charge >= 0.3 is 0 Å². The summed E-state index contributed by atoms with van der Waals surface area (Å²) in [5, 5.41) is 0. The van der Waals surface area contributed by atoms with Gasteiger partial charge in [-0.25, -0.2) is 0 Å². The SMILES string of the molecule is CC(C)CCN(C(=O)CC(C)C)C(C)C. The number of hydrogen-bond acceptors (Lipinski definition) is 1. The molecule has 2 nitrogen and oxygen atoms in total. The summed E-state index contributed by atoms with van der Waals surface area (Å²) in [6, 6.07) is 0.329. The second-order valence-electron chi connectivity index (χ2n) is 5.46. The van der Waals surface area contributed by atoms with Crippen molar-refractivity contribution in [1.82, 2.24) is 4.90 Å². The average Bonchev–Trinajstić information content (AvgIpc) is 2.01. The molecule has 0 aromatic rings. The highest BCUT2D eigenvalue weighted by atomic mass is 16.2. The molecule has 1 amide bonds. The van der Waals surface area contributed by atoms with Gasteiger partial charge in [0.2, 0.25) is 5.91 Å². The minimum Gasteiger partial charge on any atom is -0.340 e. The van der Waals surface area contributed by atoms with Crippen molar-refractivity contribution in [3.8, 4) is 0 Å². The van der Waals surface area contributed by atoms with Crippen LogP contribution in [0.3, 0.4) is 0 Å². The van der Waals surface area contributed by atoms with Gasteiger partial charge in [0.05, 0.1) is 0 Å². The second-order valence-corrected chi connectivity index (χ2v) is 5.46.